The van der Waals surface area contributed by atoms with Crippen molar-refractivity contribution >= 4 is 24.2 Å². The second-order valence-corrected chi connectivity index (χ2v) is 5.36. The van der Waals surface area contributed by atoms with Crippen LogP contribution in [-0.4, -0.2) is 5.91 Å². The molecule has 0 aromatic heterocycles. The molecule has 1 N–H and O–H groups in total. The van der Waals surface area contributed by atoms with Gasteiger partial charge in [-0.3, -0.25) is 4.79 Å². The van der Waals surface area contributed by atoms with Gasteiger partial charge in [0.25, 0.3) is 5.91 Å². The number of carbonyl (C=O) groups is 1. The molecule has 0 saturated carbocycles. The molecule has 2 aromatic rings. The average molecular weight is 271 g/mol. The zero-order valence-corrected chi connectivity index (χ0v) is 11.9. The number of aryl methyl sites for hydroxylation is 1. The van der Waals surface area contributed by atoms with Crippen LogP contribution in [0.4, 0.5) is 5.69 Å². The third kappa shape index (κ3) is 3.38. The lowest BCUT2D eigenvalue weighted by Crippen LogP contribution is -2.13. The van der Waals surface area contributed by atoms with E-state index in [1.54, 1.807) is 0 Å². The van der Waals surface area contributed by atoms with Gasteiger partial charge in [-0.1, -0.05) is 35.9 Å². The minimum atomic E-state index is -0.0959. The molecule has 1 amide bonds. The molecule has 0 fully saturated rings. The molecule has 0 heterocycles. The first-order chi connectivity index (χ1) is 9.08. The topological polar surface area (TPSA) is 29.1 Å². The van der Waals surface area contributed by atoms with Gasteiger partial charge in [0.05, 0.1) is 0 Å². The zero-order valence-electron chi connectivity index (χ0n) is 11.1. The first kappa shape index (κ1) is 13.7. The highest BCUT2D eigenvalue weighted by Crippen LogP contribution is 2.27. The summed E-state index contributed by atoms with van der Waals surface area (Å²) >= 11 is 4.43. The standard InChI is InChI=1S/C16H17NOS/c1-11-7-9-13(10-8-11)16(18)17-15-6-4-3-5-14(15)12(2)19/h3-10,12,19H,1-2H3,(H,17,18). The molecular weight excluding hydrogens is 254 g/mol. The van der Waals surface area contributed by atoms with Crippen LogP contribution in [0.3, 0.4) is 0 Å². The van der Waals surface area contributed by atoms with Crippen LogP contribution in [0.2, 0.25) is 0 Å². The number of hydrogen-bond acceptors (Lipinski definition) is 2. The highest BCUT2D eigenvalue weighted by atomic mass is 32.1. The van der Waals surface area contributed by atoms with Crippen LogP contribution >= 0.6 is 12.6 Å². The van der Waals surface area contributed by atoms with Crippen molar-refractivity contribution in [2.75, 3.05) is 5.32 Å². The van der Waals surface area contributed by atoms with E-state index in [1.807, 2.05) is 62.4 Å². The number of para-hydroxylation sites is 1. The quantitative estimate of drug-likeness (QED) is 0.803. The lowest BCUT2D eigenvalue weighted by Gasteiger charge is -2.13. The van der Waals surface area contributed by atoms with Gasteiger partial charge in [-0.25, -0.2) is 0 Å². The van der Waals surface area contributed by atoms with E-state index in [2.05, 4.69) is 17.9 Å². The van der Waals surface area contributed by atoms with Crippen LogP contribution in [0, 0.1) is 6.92 Å². The lowest BCUT2D eigenvalue weighted by molar-refractivity contribution is 0.102. The van der Waals surface area contributed by atoms with Gasteiger partial charge in [0.2, 0.25) is 0 Å². The Kier molecular flexibility index (Phi) is 4.27. The normalized spacial score (nSPS) is 11.9. The summed E-state index contributed by atoms with van der Waals surface area (Å²) in [6.45, 7) is 3.99. The molecule has 2 rings (SSSR count). The van der Waals surface area contributed by atoms with Gasteiger partial charge < -0.3 is 5.32 Å². The monoisotopic (exact) mass is 271 g/mol. The Morgan fingerprint density at radius 1 is 1.11 bits per heavy atom. The van der Waals surface area contributed by atoms with Gasteiger partial charge in [0.1, 0.15) is 0 Å². The average Bonchev–Trinajstić information content (AvgIpc) is 2.39. The molecule has 98 valence electrons. The van der Waals surface area contributed by atoms with E-state index in [0.717, 1.165) is 16.8 Å². The van der Waals surface area contributed by atoms with E-state index in [9.17, 15) is 4.79 Å². The van der Waals surface area contributed by atoms with E-state index in [4.69, 9.17) is 0 Å². The maximum atomic E-state index is 12.2. The van der Waals surface area contributed by atoms with Crippen LogP contribution < -0.4 is 5.32 Å². The molecule has 0 aliphatic rings. The van der Waals surface area contributed by atoms with E-state index >= 15 is 0 Å². The highest BCUT2D eigenvalue weighted by molar-refractivity contribution is 7.80. The summed E-state index contributed by atoms with van der Waals surface area (Å²) in [4.78, 5) is 12.2. The van der Waals surface area contributed by atoms with Gasteiger partial charge >= 0.3 is 0 Å². The molecule has 0 radical (unpaired) electrons. The summed E-state index contributed by atoms with van der Waals surface area (Å²) in [6.07, 6.45) is 0. The predicted octanol–water partition coefficient (Wildman–Crippen LogP) is 4.24. The summed E-state index contributed by atoms with van der Waals surface area (Å²) in [6, 6.07) is 15.3. The molecule has 1 atom stereocenters. The third-order valence-electron chi connectivity index (χ3n) is 2.97. The van der Waals surface area contributed by atoms with Crippen molar-refractivity contribution < 1.29 is 4.79 Å². The van der Waals surface area contributed by atoms with Gasteiger partial charge in [0.15, 0.2) is 0 Å². The van der Waals surface area contributed by atoms with E-state index in [-0.39, 0.29) is 11.2 Å². The fraction of sp³-hybridized carbons (Fsp3) is 0.188. The maximum absolute atomic E-state index is 12.2. The van der Waals surface area contributed by atoms with Crippen molar-refractivity contribution in [3.8, 4) is 0 Å². The Hall–Kier alpha value is -1.74. The van der Waals surface area contributed by atoms with E-state index in [1.165, 1.54) is 0 Å². The maximum Gasteiger partial charge on any atom is 0.255 e. The van der Waals surface area contributed by atoms with Crippen LogP contribution in [0.5, 0.6) is 0 Å². The molecule has 0 aliphatic heterocycles. The minimum absolute atomic E-state index is 0.0783. The first-order valence-electron chi connectivity index (χ1n) is 6.23. The molecule has 2 aromatic carbocycles. The van der Waals surface area contributed by atoms with Crippen LogP contribution in [0.15, 0.2) is 48.5 Å². The summed E-state index contributed by atoms with van der Waals surface area (Å²) in [5, 5.41) is 3.02. The second kappa shape index (κ2) is 5.93. The Balaban J connectivity index is 2.22. The SMILES string of the molecule is Cc1ccc(C(=O)Nc2ccccc2C(C)S)cc1. The van der Waals surface area contributed by atoms with Crippen LogP contribution in [0.1, 0.15) is 33.7 Å². The molecule has 1 unspecified atom stereocenters. The zero-order chi connectivity index (χ0) is 13.8. The molecular formula is C16H17NOS. The molecule has 0 bridgehead atoms. The smallest absolute Gasteiger partial charge is 0.255 e. The van der Waals surface area contributed by atoms with Gasteiger partial charge in [-0.2, -0.15) is 12.6 Å². The summed E-state index contributed by atoms with van der Waals surface area (Å²) in [7, 11) is 0. The largest absolute Gasteiger partial charge is 0.322 e. The van der Waals surface area contributed by atoms with Crippen molar-refractivity contribution in [1.82, 2.24) is 0 Å². The van der Waals surface area contributed by atoms with Crippen molar-refractivity contribution in [3.05, 3.63) is 65.2 Å². The van der Waals surface area contributed by atoms with Crippen LogP contribution in [-0.2, 0) is 0 Å². The van der Waals surface area contributed by atoms with Crippen LogP contribution in [0.25, 0.3) is 0 Å². The fourth-order valence-corrected chi connectivity index (χ4v) is 2.10. The highest BCUT2D eigenvalue weighted by Gasteiger charge is 2.10. The fourth-order valence-electron chi connectivity index (χ4n) is 1.87. The molecule has 0 aliphatic carbocycles. The molecule has 0 saturated heterocycles. The molecule has 3 heteroatoms. The van der Waals surface area contributed by atoms with Gasteiger partial charge in [0, 0.05) is 16.5 Å². The Labute approximate surface area is 119 Å². The Morgan fingerprint density at radius 3 is 2.37 bits per heavy atom. The molecule has 0 spiro atoms. The van der Waals surface area contributed by atoms with Gasteiger partial charge in [-0.05, 0) is 37.6 Å². The number of anilines is 1. The number of amides is 1. The van der Waals surface area contributed by atoms with E-state index in [0.29, 0.717) is 5.56 Å². The lowest BCUT2D eigenvalue weighted by atomic mass is 10.1. The summed E-state index contributed by atoms with van der Waals surface area (Å²) in [5.41, 5.74) is 3.63. The van der Waals surface area contributed by atoms with Crippen molar-refractivity contribution in [1.29, 1.82) is 0 Å². The minimum Gasteiger partial charge on any atom is -0.322 e. The van der Waals surface area contributed by atoms with Crippen molar-refractivity contribution in [3.63, 3.8) is 0 Å². The number of carbonyl (C=O) groups excluding carboxylic acids is 1. The number of rotatable bonds is 3. The number of nitrogens with one attached hydrogen (secondary N) is 1. The Morgan fingerprint density at radius 2 is 1.74 bits per heavy atom. The molecule has 19 heavy (non-hydrogen) atoms. The van der Waals surface area contributed by atoms with E-state index < -0.39 is 0 Å². The first-order valence-corrected chi connectivity index (χ1v) is 6.74. The van der Waals surface area contributed by atoms with Crippen molar-refractivity contribution in [2.24, 2.45) is 0 Å². The Bertz CT molecular complexity index is 576. The van der Waals surface area contributed by atoms with Crippen molar-refractivity contribution in [2.45, 2.75) is 19.1 Å². The number of thiol groups is 1. The summed E-state index contributed by atoms with van der Waals surface area (Å²) in [5.74, 6) is -0.0959. The summed E-state index contributed by atoms with van der Waals surface area (Å²) < 4.78 is 0. The second-order valence-electron chi connectivity index (χ2n) is 4.58. The molecule has 2 nitrogen and oxygen atoms in total. The number of benzene rings is 2. The number of hydrogen-bond donors (Lipinski definition) is 2. The van der Waals surface area contributed by atoms with Gasteiger partial charge in [-0.15, -0.1) is 0 Å². The third-order valence-corrected chi connectivity index (χ3v) is 3.25. The predicted molar refractivity (Wildman–Crippen MR) is 83.0 cm³/mol.